The molecule has 640 valence electrons. The van der Waals surface area contributed by atoms with Gasteiger partial charge in [0.2, 0.25) is 76.8 Å². The highest BCUT2D eigenvalue weighted by Crippen LogP contribution is 2.28. The van der Waals surface area contributed by atoms with Crippen molar-refractivity contribution in [1.29, 1.82) is 0 Å². The number of carbonyl (C=O) groups is 16. The number of unbranched alkanes of at least 4 members (excludes halogenated alkanes) is 1. The van der Waals surface area contributed by atoms with Gasteiger partial charge in [0.25, 0.3) is 0 Å². The number of nitrogens with one attached hydrogen (secondary N) is 13. The highest BCUT2D eigenvalue weighted by atomic mass is 16.4. The molecule has 42 nitrogen and oxygen atoms in total. The number of H-pyrrole nitrogens is 1. The highest BCUT2D eigenvalue weighted by molar-refractivity contribution is 6.01. The molecule has 3 fully saturated rings. The molecule has 0 unspecified atom stereocenters. The summed E-state index contributed by atoms with van der Waals surface area (Å²) >= 11 is 0. The number of aliphatic hydroxyl groups is 3. The summed E-state index contributed by atoms with van der Waals surface area (Å²) in [5, 5.41) is 81.5. The van der Waals surface area contributed by atoms with E-state index in [1.54, 1.807) is 55.0 Å². The minimum atomic E-state index is -1.77. The van der Waals surface area contributed by atoms with Crippen LogP contribution in [0.25, 0.3) is 10.9 Å². The SMILES string of the molecule is CC(=O)N[C@H]1CCCCNC(=O)C[C@@H](C(=O)N2CCC[C@H]2C(=O)N2CCC[C@H]2C(=O)N[C@@H](CC2=CCC=N2)C(=O)N[C@@H](CO)C(=O)N[C@@H](CCCCN(CC(=O)O)CC(=O)O)CN[C@@H](CO)C(=O)N[C@@H](CO)C(C)=O)NC(=O)[C@H](Cc2c[nH]c3ccccc23)NC(=O)[C@H](CCCN=C(N)N)NC(=O)CNC(=O)[C@H](CC2=CCC=N2)NC1=O. The predicted molar refractivity (Wildman–Crippen MR) is 420 cm³/mol. The highest BCUT2D eigenvalue weighted by Gasteiger charge is 2.46. The Hall–Kier alpha value is -11.6. The lowest BCUT2D eigenvalue weighted by Crippen LogP contribution is -2.60. The smallest absolute Gasteiger partial charge is 0.317 e. The van der Waals surface area contributed by atoms with Crippen molar-refractivity contribution in [3.05, 3.63) is 59.6 Å². The maximum absolute atomic E-state index is 15.5. The zero-order valence-electron chi connectivity index (χ0n) is 65.4. The normalized spacial score (nSPS) is 21.8. The number of aliphatic imine (C=N–C) groups is 3. The van der Waals surface area contributed by atoms with Crippen LogP contribution in [0.5, 0.6) is 0 Å². The third kappa shape index (κ3) is 29.6. The van der Waals surface area contributed by atoms with Gasteiger partial charge in [-0.3, -0.25) is 96.6 Å². The van der Waals surface area contributed by atoms with Crippen molar-refractivity contribution in [3.8, 4) is 0 Å². The van der Waals surface area contributed by atoms with E-state index in [2.05, 4.69) is 83.8 Å². The van der Waals surface area contributed by atoms with E-state index in [0.29, 0.717) is 40.7 Å². The first-order valence-corrected chi connectivity index (χ1v) is 39.1. The van der Waals surface area contributed by atoms with Crippen molar-refractivity contribution in [2.24, 2.45) is 26.4 Å². The number of benzene rings is 1. The molecule has 42 heteroatoms. The molecule has 2 aromatic rings. The zero-order valence-corrected chi connectivity index (χ0v) is 65.4. The van der Waals surface area contributed by atoms with Crippen molar-refractivity contribution < 1.29 is 102 Å². The monoisotopic (exact) mass is 1640 g/mol. The van der Waals surface area contributed by atoms with E-state index in [4.69, 9.17) is 11.5 Å². The number of carboxylic acid groups (broad SMARTS) is 2. The molecule has 5 aliphatic heterocycles. The number of hydrogen-bond donors (Lipinski definition) is 20. The van der Waals surface area contributed by atoms with Gasteiger partial charge in [0.1, 0.15) is 66.5 Å². The Labute approximate surface area is 673 Å². The number of aromatic amines is 1. The van der Waals surface area contributed by atoms with E-state index in [9.17, 15) is 87.9 Å². The molecule has 6 heterocycles. The van der Waals surface area contributed by atoms with Crippen LogP contribution < -0.4 is 75.3 Å². The third-order valence-corrected chi connectivity index (χ3v) is 20.1. The molecular formula is C75H109N21O21. The molecule has 0 spiro atoms. The fourth-order valence-corrected chi connectivity index (χ4v) is 14.1. The third-order valence-electron chi connectivity index (χ3n) is 20.1. The number of allylic oxidation sites excluding steroid dienone is 2. The van der Waals surface area contributed by atoms with Crippen molar-refractivity contribution in [1.82, 2.24) is 83.5 Å². The first-order chi connectivity index (χ1) is 55.9. The molecule has 22 N–H and O–H groups in total. The number of guanidine groups is 1. The van der Waals surface area contributed by atoms with E-state index in [1.165, 1.54) is 21.6 Å². The van der Waals surface area contributed by atoms with E-state index < -0.39 is 213 Å². The van der Waals surface area contributed by atoms with Gasteiger partial charge in [-0.1, -0.05) is 36.8 Å². The van der Waals surface area contributed by atoms with E-state index in [-0.39, 0.29) is 142 Å². The summed E-state index contributed by atoms with van der Waals surface area (Å²) in [6.45, 7) is -2.71. The van der Waals surface area contributed by atoms with Gasteiger partial charge in [-0.15, -0.1) is 0 Å². The van der Waals surface area contributed by atoms with E-state index >= 15 is 14.4 Å². The summed E-state index contributed by atoms with van der Waals surface area (Å²) in [7, 11) is 0. The van der Waals surface area contributed by atoms with Gasteiger partial charge in [0, 0.05) is 119 Å². The lowest BCUT2D eigenvalue weighted by Gasteiger charge is -2.33. The molecule has 12 atom stereocenters. The molecule has 117 heavy (non-hydrogen) atoms. The van der Waals surface area contributed by atoms with E-state index in [1.807, 2.05) is 0 Å². The standard InChI is InChI=1S/C75H109N21O21/c1-42(100)56(39-97)92-70(113)57(40-98)83-35-47(14-6-8-27-94(37-63(104)105)38-64(106)107)86-71(114)58(41-99)93-69(112)54(32-46-16-10-25-79-46)90-72(115)59-21-12-28-95(59)74(117)60-22-13-29-96(60)73(116)55-33-61(102)80-23-7-5-19-50(85-43(2)101)66(109)89-53(31-45-15-9-24-78-45)65(108)84-36-62(103)87-51(20-11-26-81-75(76)77)67(110)88-52(68(111)91-55)30-44-34-82-49-18-4-3-17-48(44)49/h3-4,15-18,24-25,34,47,50-60,82-83,97-99H,5-14,19-23,26-33,35-41H2,1-2H3,(H,80,102)(H,84,108)(H,85,101)(H,86,114)(H,87,103)(H,88,110)(H,89,109)(H,90,115)(H,91,111)(H,92,113)(H,93,112)(H,104,105)(H,106,107)(H4,76,77,81)/t47-,50-,51-,52-,53-,54-,55-,56-,57-,58-,59-,60-/m0/s1. The fraction of sp³-hybridized carbons (Fsp3) is 0.587. The maximum Gasteiger partial charge on any atom is 0.317 e. The summed E-state index contributed by atoms with van der Waals surface area (Å²) in [6.07, 6.45) is 8.93. The number of para-hydroxylation sites is 1. The number of hydrogen-bond acceptors (Lipinski definition) is 24. The number of fused-ring (bicyclic) bond motifs is 1. The molecule has 0 saturated carbocycles. The molecule has 3 saturated heterocycles. The first-order valence-electron chi connectivity index (χ1n) is 39.1. The van der Waals surface area contributed by atoms with Crippen molar-refractivity contribution in [3.63, 3.8) is 0 Å². The van der Waals surface area contributed by atoms with Gasteiger partial charge in [-0.2, -0.15) is 0 Å². The molecule has 5 aliphatic rings. The van der Waals surface area contributed by atoms with Crippen LogP contribution in [0.2, 0.25) is 0 Å². The second kappa shape index (κ2) is 46.8. The number of likely N-dealkylation sites (tertiary alicyclic amines) is 2. The largest absolute Gasteiger partial charge is 0.480 e. The molecule has 1 aromatic carbocycles. The number of ketones is 1. The van der Waals surface area contributed by atoms with Crippen molar-refractivity contribution in [2.45, 2.75) is 202 Å². The second-order valence-electron chi connectivity index (χ2n) is 29.1. The summed E-state index contributed by atoms with van der Waals surface area (Å²) in [6, 6.07) is -9.84. The summed E-state index contributed by atoms with van der Waals surface area (Å²) < 4.78 is 0. The lowest BCUT2D eigenvalue weighted by molar-refractivity contribution is -0.148. The number of rotatable bonds is 37. The molecule has 7 rings (SSSR count). The van der Waals surface area contributed by atoms with Crippen molar-refractivity contribution in [2.75, 3.05) is 78.7 Å². The zero-order chi connectivity index (χ0) is 85.3. The Morgan fingerprint density at radius 2 is 1.26 bits per heavy atom. The number of nitrogens with two attached hydrogens (primary N) is 2. The Morgan fingerprint density at radius 3 is 1.91 bits per heavy atom. The molecule has 0 bridgehead atoms. The number of aromatic nitrogens is 1. The van der Waals surface area contributed by atoms with Crippen LogP contribution in [-0.2, 0) is 83.1 Å². The number of carboxylic acids is 2. The van der Waals surface area contributed by atoms with Gasteiger partial charge >= 0.3 is 11.9 Å². The average molecular weight is 1640 g/mol. The Balaban J connectivity index is 1.13. The van der Waals surface area contributed by atoms with Gasteiger partial charge in [0.05, 0.1) is 45.9 Å². The van der Waals surface area contributed by atoms with Gasteiger partial charge in [-0.25, -0.2) is 0 Å². The topological polar surface area (TPSA) is 633 Å². The predicted octanol–water partition coefficient (Wildman–Crippen LogP) is -6.40. The average Bonchev–Trinajstić information content (AvgIpc) is 1.68. The van der Waals surface area contributed by atoms with Gasteiger partial charge in [0.15, 0.2) is 11.7 Å². The number of aliphatic hydroxyl groups excluding tert-OH is 3. The summed E-state index contributed by atoms with van der Waals surface area (Å²) in [5.41, 5.74) is 13.2. The van der Waals surface area contributed by atoms with Gasteiger partial charge in [-0.05, 0) is 95.7 Å². The van der Waals surface area contributed by atoms with Crippen LogP contribution in [0.3, 0.4) is 0 Å². The van der Waals surface area contributed by atoms with Crippen LogP contribution in [0.1, 0.15) is 129 Å². The number of aliphatic carboxylic acids is 2. The lowest BCUT2D eigenvalue weighted by atomic mass is 10.0. The number of nitrogens with zero attached hydrogens (tertiary/aromatic N) is 6. The quantitative estimate of drug-likeness (QED) is 0.0170. The Bertz CT molecular complexity index is 4050. The molecule has 0 aliphatic carbocycles. The van der Waals surface area contributed by atoms with Crippen molar-refractivity contribution >= 4 is 124 Å². The second-order valence-corrected chi connectivity index (χ2v) is 29.1. The van der Waals surface area contributed by atoms with Crippen LogP contribution in [0, 0.1) is 0 Å². The maximum atomic E-state index is 15.5. The van der Waals surface area contributed by atoms with Gasteiger partial charge < -0.3 is 116 Å². The van der Waals surface area contributed by atoms with Crippen LogP contribution in [-0.4, -0.2) is 309 Å². The fourth-order valence-electron chi connectivity index (χ4n) is 14.1. The minimum Gasteiger partial charge on any atom is -0.480 e. The summed E-state index contributed by atoms with van der Waals surface area (Å²) in [4.78, 5) is 241. The molecule has 0 radical (unpaired) electrons. The molecule has 13 amide bonds. The molecule has 1 aromatic heterocycles. The minimum absolute atomic E-state index is 0.00531. The van der Waals surface area contributed by atoms with Crippen LogP contribution in [0.4, 0.5) is 0 Å². The van der Waals surface area contributed by atoms with Crippen LogP contribution in [0.15, 0.2) is 69.0 Å². The Kier molecular flexibility index (Phi) is 37.0. The van der Waals surface area contributed by atoms with Crippen LogP contribution >= 0.6 is 0 Å². The first kappa shape index (κ1) is 92.5. The number of Topliss-reactive ketones (excluding diaryl/α,β-unsaturated/α-hetero) is 1. The van der Waals surface area contributed by atoms with E-state index in [0.717, 1.165) is 6.92 Å². The summed E-state index contributed by atoms with van der Waals surface area (Å²) in [5.74, 6) is -14.5. The number of carbonyl (C=O) groups excluding carboxylic acids is 14. The number of amides is 13. The Morgan fingerprint density at radius 1 is 0.632 bits per heavy atom. The molecular weight excluding hydrogens is 1530 g/mol.